The molecule has 0 atom stereocenters. The van der Waals surface area contributed by atoms with Gasteiger partial charge in [0, 0.05) is 5.56 Å². The normalized spacial score (nSPS) is 10.2. The van der Waals surface area contributed by atoms with Crippen molar-refractivity contribution in [2.45, 2.75) is 0 Å². The Morgan fingerprint density at radius 3 is 2.19 bits per heavy atom. The van der Waals surface area contributed by atoms with Crippen LogP contribution in [0.4, 0.5) is 11.4 Å². The zero-order valence-corrected chi connectivity index (χ0v) is 14.0. The largest absolute Gasteiger partial charge is 0.497 e. The van der Waals surface area contributed by atoms with Gasteiger partial charge in [0.15, 0.2) is 0 Å². The van der Waals surface area contributed by atoms with E-state index in [4.69, 9.17) is 10.5 Å². The number of hydrogen-bond acceptors (Lipinski definition) is 5. The van der Waals surface area contributed by atoms with Crippen LogP contribution >= 0.6 is 0 Å². The van der Waals surface area contributed by atoms with Crippen molar-refractivity contribution in [3.63, 3.8) is 0 Å². The first-order valence-corrected chi connectivity index (χ1v) is 7.77. The highest BCUT2D eigenvalue weighted by molar-refractivity contribution is 5.92. The molecule has 26 heavy (non-hydrogen) atoms. The summed E-state index contributed by atoms with van der Waals surface area (Å²) in [6.07, 6.45) is 0. The van der Waals surface area contributed by atoms with Crippen LogP contribution in [0, 0.1) is 21.4 Å². The van der Waals surface area contributed by atoms with Crippen LogP contribution in [0.15, 0.2) is 60.7 Å². The van der Waals surface area contributed by atoms with Gasteiger partial charge in [-0.2, -0.15) is 5.26 Å². The number of hydrogen-bond donors (Lipinski definition) is 1. The number of benzene rings is 3. The fourth-order valence-corrected chi connectivity index (χ4v) is 2.85. The van der Waals surface area contributed by atoms with E-state index in [-0.39, 0.29) is 16.9 Å². The number of nitriles is 1. The Balaban J connectivity index is 2.33. The molecule has 0 radical (unpaired) electrons. The fourth-order valence-electron chi connectivity index (χ4n) is 2.85. The van der Waals surface area contributed by atoms with Crippen molar-refractivity contribution in [1.82, 2.24) is 0 Å². The lowest BCUT2D eigenvalue weighted by Gasteiger charge is -2.13. The van der Waals surface area contributed by atoms with Gasteiger partial charge >= 0.3 is 5.69 Å². The van der Waals surface area contributed by atoms with Crippen molar-refractivity contribution in [1.29, 1.82) is 5.26 Å². The summed E-state index contributed by atoms with van der Waals surface area (Å²) in [6, 6.07) is 19.7. The Labute approximate surface area is 150 Å². The predicted molar refractivity (Wildman–Crippen MR) is 99.6 cm³/mol. The number of nitro benzene ring substituents is 1. The van der Waals surface area contributed by atoms with Gasteiger partial charge in [-0.1, -0.05) is 42.5 Å². The second kappa shape index (κ2) is 6.95. The van der Waals surface area contributed by atoms with Gasteiger partial charge < -0.3 is 10.5 Å². The molecule has 0 spiro atoms. The predicted octanol–water partition coefficient (Wildman–Crippen LogP) is 4.39. The van der Waals surface area contributed by atoms with E-state index in [1.165, 1.54) is 0 Å². The highest BCUT2D eigenvalue weighted by Crippen LogP contribution is 2.42. The van der Waals surface area contributed by atoms with Gasteiger partial charge in [0.25, 0.3) is 0 Å². The molecule has 0 aromatic heterocycles. The summed E-state index contributed by atoms with van der Waals surface area (Å²) in [5.41, 5.74) is 8.02. The Morgan fingerprint density at radius 2 is 1.65 bits per heavy atom. The second-order valence-electron chi connectivity index (χ2n) is 5.57. The van der Waals surface area contributed by atoms with Gasteiger partial charge in [-0.3, -0.25) is 10.1 Å². The van der Waals surface area contributed by atoms with E-state index in [2.05, 4.69) is 0 Å². The minimum Gasteiger partial charge on any atom is -0.497 e. The van der Waals surface area contributed by atoms with E-state index in [0.717, 1.165) is 5.56 Å². The fraction of sp³-hybridized carbons (Fsp3) is 0.0500. The van der Waals surface area contributed by atoms with E-state index in [0.29, 0.717) is 22.4 Å². The number of rotatable bonds is 4. The molecule has 0 aliphatic heterocycles. The molecule has 128 valence electrons. The third-order valence-corrected chi connectivity index (χ3v) is 4.12. The summed E-state index contributed by atoms with van der Waals surface area (Å²) in [6.45, 7) is 0. The van der Waals surface area contributed by atoms with E-state index >= 15 is 0 Å². The number of ether oxygens (including phenoxy) is 1. The summed E-state index contributed by atoms with van der Waals surface area (Å²) in [4.78, 5) is 11.1. The van der Waals surface area contributed by atoms with E-state index in [1.807, 2.05) is 12.1 Å². The number of methoxy groups -OCH3 is 1. The third-order valence-electron chi connectivity index (χ3n) is 4.12. The monoisotopic (exact) mass is 345 g/mol. The zero-order valence-electron chi connectivity index (χ0n) is 14.0. The first-order chi connectivity index (χ1) is 12.6. The van der Waals surface area contributed by atoms with Gasteiger partial charge in [-0.15, -0.1) is 0 Å². The van der Waals surface area contributed by atoms with Crippen LogP contribution in [0.3, 0.4) is 0 Å². The molecule has 2 N–H and O–H groups in total. The molecule has 6 heteroatoms. The minimum absolute atomic E-state index is 0.0848. The second-order valence-corrected chi connectivity index (χ2v) is 5.57. The average Bonchev–Trinajstić information content (AvgIpc) is 2.67. The van der Waals surface area contributed by atoms with Crippen molar-refractivity contribution in [2.24, 2.45) is 0 Å². The molecule has 3 aromatic rings. The van der Waals surface area contributed by atoms with Crippen LogP contribution in [0.5, 0.6) is 5.75 Å². The number of nitrogens with two attached hydrogens (primary N) is 1. The van der Waals surface area contributed by atoms with Gasteiger partial charge in [-0.05, 0) is 29.3 Å². The first-order valence-electron chi connectivity index (χ1n) is 7.77. The van der Waals surface area contributed by atoms with Crippen molar-refractivity contribution < 1.29 is 9.66 Å². The molecule has 0 amide bonds. The van der Waals surface area contributed by atoms with Crippen molar-refractivity contribution >= 4 is 11.4 Å². The molecule has 0 fully saturated rings. The Hall–Kier alpha value is -3.85. The lowest BCUT2D eigenvalue weighted by Crippen LogP contribution is -2.03. The van der Waals surface area contributed by atoms with Crippen LogP contribution in [0.25, 0.3) is 22.3 Å². The molecule has 0 aliphatic carbocycles. The summed E-state index contributed by atoms with van der Waals surface area (Å²) in [7, 11) is 1.56. The molecule has 0 bridgehead atoms. The van der Waals surface area contributed by atoms with Crippen LogP contribution in [0.2, 0.25) is 0 Å². The minimum atomic E-state index is -0.545. The first kappa shape index (κ1) is 17.0. The van der Waals surface area contributed by atoms with Gasteiger partial charge in [0.2, 0.25) is 0 Å². The summed E-state index contributed by atoms with van der Waals surface area (Å²) in [5, 5.41) is 21.2. The summed E-state index contributed by atoms with van der Waals surface area (Å²) >= 11 is 0. The number of nitrogen functional groups attached to an aromatic ring is 1. The zero-order chi connectivity index (χ0) is 18.7. The average molecular weight is 345 g/mol. The summed E-state index contributed by atoms with van der Waals surface area (Å²) in [5.74, 6) is 0.672. The molecular weight excluding hydrogens is 330 g/mol. The maximum absolute atomic E-state index is 11.6. The standard InChI is InChI=1S/C20H15N3O3/c1-26-15-9-7-14(8-10-15)16-11-17(13-5-3-2-4-6-13)20(23(24)25)19(22)18(16)12-21/h2-11H,22H2,1H3. The van der Waals surface area contributed by atoms with Crippen molar-refractivity contribution in [3.8, 4) is 34.1 Å². The highest BCUT2D eigenvalue weighted by Gasteiger charge is 2.26. The van der Waals surface area contributed by atoms with Crippen LogP contribution < -0.4 is 10.5 Å². The quantitative estimate of drug-likeness (QED) is 0.429. The molecule has 0 aliphatic rings. The Bertz CT molecular complexity index is 1010. The molecule has 0 saturated heterocycles. The summed E-state index contributed by atoms with van der Waals surface area (Å²) < 4.78 is 5.15. The van der Waals surface area contributed by atoms with Gasteiger partial charge in [0.1, 0.15) is 17.5 Å². The third kappa shape index (κ3) is 2.94. The molecule has 3 aromatic carbocycles. The maximum atomic E-state index is 11.6. The van der Waals surface area contributed by atoms with Crippen molar-refractivity contribution in [3.05, 3.63) is 76.3 Å². The smallest absolute Gasteiger partial charge is 0.301 e. The van der Waals surface area contributed by atoms with E-state index in [9.17, 15) is 15.4 Å². The van der Waals surface area contributed by atoms with Crippen LogP contribution in [0.1, 0.15) is 5.56 Å². The topological polar surface area (TPSA) is 102 Å². The van der Waals surface area contributed by atoms with Crippen molar-refractivity contribution in [2.75, 3.05) is 12.8 Å². The lowest BCUT2D eigenvalue weighted by atomic mass is 9.92. The van der Waals surface area contributed by atoms with E-state index in [1.54, 1.807) is 61.7 Å². The molecule has 6 nitrogen and oxygen atoms in total. The Morgan fingerprint density at radius 1 is 1.04 bits per heavy atom. The lowest BCUT2D eigenvalue weighted by molar-refractivity contribution is -0.383. The maximum Gasteiger partial charge on any atom is 0.301 e. The van der Waals surface area contributed by atoms with Crippen LogP contribution in [-0.4, -0.2) is 12.0 Å². The molecule has 0 heterocycles. The van der Waals surface area contributed by atoms with E-state index < -0.39 is 4.92 Å². The number of nitrogens with zero attached hydrogens (tertiary/aromatic N) is 2. The highest BCUT2D eigenvalue weighted by atomic mass is 16.6. The van der Waals surface area contributed by atoms with Crippen LogP contribution in [-0.2, 0) is 0 Å². The van der Waals surface area contributed by atoms with Gasteiger partial charge in [0.05, 0.1) is 23.2 Å². The van der Waals surface area contributed by atoms with Gasteiger partial charge in [-0.25, -0.2) is 0 Å². The molecule has 3 rings (SSSR count). The Kier molecular flexibility index (Phi) is 4.54. The molecular formula is C20H15N3O3. The number of anilines is 1. The molecule has 0 saturated carbocycles. The number of nitro groups is 1. The molecule has 0 unspecified atom stereocenters. The SMILES string of the molecule is COc1ccc(-c2cc(-c3ccccc3)c([N+](=O)[O-])c(N)c2C#N)cc1.